The third kappa shape index (κ3) is 4.18. The van der Waals surface area contributed by atoms with Crippen LogP contribution in [0.4, 0.5) is 5.69 Å². The lowest BCUT2D eigenvalue weighted by molar-refractivity contribution is 0.0499. The second-order valence-corrected chi connectivity index (χ2v) is 4.84. The highest BCUT2D eigenvalue weighted by Gasteiger charge is 2.12. The maximum absolute atomic E-state index is 11.9. The molecule has 0 saturated carbocycles. The van der Waals surface area contributed by atoms with Gasteiger partial charge >= 0.3 is 5.97 Å². The van der Waals surface area contributed by atoms with Crippen molar-refractivity contribution in [2.75, 3.05) is 11.9 Å². The molecule has 0 unspecified atom stereocenters. The van der Waals surface area contributed by atoms with E-state index in [0.717, 1.165) is 12.8 Å². The fraction of sp³-hybridized carbons (Fsp3) is 0.312. The molecule has 0 fully saturated rings. The number of nitrogens with one attached hydrogen (secondary N) is 1. The Labute approximate surface area is 128 Å². The minimum absolute atomic E-state index is 0.209. The van der Waals surface area contributed by atoms with E-state index in [0.29, 0.717) is 23.6 Å². The van der Waals surface area contributed by atoms with Gasteiger partial charge in [-0.25, -0.2) is 4.79 Å². The number of aryl methyl sites for hydroxylation is 1. The lowest BCUT2D eigenvalue weighted by Gasteiger charge is -2.06. The van der Waals surface area contributed by atoms with Gasteiger partial charge in [0.25, 0.3) is 5.91 Å². The first-order valence-electron chi connectivity index (χ1n) is 7.12. The summed E-state index contributed by atoms with van der Waals surface area (Å²) >= 11 is 0. The monoisotopic (exact) mass is 302 g/mol. The lowest BCUT2D eigenvalue weighted by Crippen LogP contribution is -2.12. The van der Waals surface area contributed by atoms with Crippen LogP contribution >= 0.6 is 0 Å². The summed E-state index contributed by atoms with van der Waals surface area (Å²) in [5.74, 6) is -0.163. The first-order valence-corrected chi connectivity index (χ1v) is 7.12. The summed E-state index contributed by atoms with van der Waals surface area (Å²) in [7, 11) is 0. The van der Waals surface area contributed by atoms with E-state index in [1.807, 2.05) is 6.92 Å². The molecule has 6 heteroatoms. The van der Waals surface area contributed by atoms with Crippen molar-refractivity contribution in [3.05, 3.63) is 47.3 Å². The molecule has 1 N–H and O–H groups in total. The Bertz CT molecular complexity index is 646. The Morgan fingerprint density at radius 2 is 2.00 bits per heavy atom. The quantitative estimate of drug-likeness (QED) is 0.654. The fourth-order valence-electron chi connectivity index (χ4n) is 1.75. The van der Waals surface area contributed by atoms with Gasteiger partial charge in [0.1, 0.15) is 5.76 Å². The van der Waals surface area contributed by atoms with Gasteiger partial charge in [0.2, 0.25) is 0 Å². The first kappa shape index (κ1) is 15.8. The van der Waals surface area contributed by atoms with E-state index in [4.69, 9.17) is 9.26 Å². The second-order valence-electron chi connectivity index (χ2n) is 4.84. The molecule has 0 radical (unpaired) electrons. The van der Waals surface area contributed by atoms with E-state index < -0.39 is 0 Å². The standard InChI is InChI=1S/C16H18N2O4/c1-3-4-9-21-16(20)12-5-7-13(8-6-12)17-15(19)14-10-11(2)22-18-14/h5-8,10H,3-4,9H2,1-2H3,(H,17,19). The van der Waals surface area contributed by atoms with E-state index >= 15 is 0 Å². The molecule has 22 heavy (non-hydrogen) atoms. The van der Waals surface area contributed by atoms with Gasteiger partial charge in [0.15, 0.2) is 5.69 Å². The average Bonchev–Trinajstić information content (AvgIpc) is 2.95. The number of anilines is 1. The zero-order valence-electron chi connectivity index (χ0n) is 12.6. The van der Waals surface area contributed by atoms with E-state index in [1.165, 1.54) is 0 Å². The van der Waals surface area contributed by atoms with Gasteiger partial charge in [-0.1, -0.05) is 18.5 Å². The van der Waals surface area contributed by atoms with Crippen LogP contribution in [-0.4, -0.2) is 23.6 Å². The molecule has 1 heterocycles. The summed E-state index contributed by atoms with van der Waals surface area (Å²) < 4.78 is 9.96. The number of unbranched alkanes of at least 4 members (excludes halogenated alkanes) is 1. The number of carbonyl (C=O) groups is 2. The van der Waals surface area contributed by atoms with Crippen molar-refractivity contribution in [1.29, 1.82) is 0 Å². The van der Waals surface area contributed by atoms with Crippen LogP contribution in [0.2, 0.25) is 0 Å². The van der Waals surface area contributed by atoms with Crippen LogP contribution < -0.4 is 5.32 Å². The first-order chi connectivity index (χ1) is 10.6. The third-order valence-corrected chi connectivity index (χ3v) is 2.97. The normalized spacial score (nSPS) is 10.3. The minimum Gasteiger partial charge on any atom is -0.462 e. The Balaban J connectivity index is 1.94. The molecule has 116 valence electrons. The number of hydrogen-bond donors (Lipinski definition) is 1. The molecule has 1 amide bonds. The maximum atomic E-state index is 11.9. The highest BCUT2D eigenvalue weighted by atomic mass is 16.5. The highest BCUT2D eigenvalue weighted by Crippen LogP contribution is 2.12. The van der Waals surface area contributed by atoms with Gasteiger partial charge in [0, 0.05) is 11.8 Å². The number of benzene rings is 1. The van der Waals surface area contributed by atoms with Crippen LogP contribution in [0.1, 0.15) is 46.4 Å². The molecule has 0 aliphatic rings. The van der Waals surface area contributed by atoms with Crippen molar-refractivity contribution in [3.8, 4) is 0 Å². The number of hydrogen-bond acceptors (Lipinski definition) is 5. The van der Waals surface area contributed by atoms with Crippen LogP contribution in [0.5, 0.6) is 0 Å². The molecule has 0 bridgehead atoms. The molecule has 0 atom stereocenters. The topological polar surface area (TPSA) is 81.4 Å². The summed E-state index contributed by atoms with van der Waals surface area (Å²) in [6.45, 7) is 4.16. The van der Waals surface area contributed by atoms with Crippen molar-refractivity contribution in [2.45, 2.75) is 26.7 Å². The smallest absolute Gasteiger partial charge is 0.338 e. The molecule has 0 saturated heterocycles. The largest absolute Gasteiger partial charge is 0.462 e. The van der Waals surface area contributed by atoms with Crippen molar-refractivity contribution < 1.29 is 18.8 Å². The van der Waals surface area contributed by atoms with E-state index in [2.05, 4.69) is 10.5 Å². The molecule has 2 rings (SSSR count). The Kier molecular flexibility index (Phi) is 5.30. The number of ether oxygens (including phenoxy) is 1. The molecular weight excluding hydrogens is 284 g/mol. The predicted molar refractivity (Wildman–Crippen MR) is 80.8 cm³/mol. The zero-order chi connectivity index (χ0) is 15.9. The van der Waals surface area contributed by atoms with Gasteiger partial charge in [-0.05, 0) is 37.6 Å². The number of carbonyl (C=O) groups excluding carboxylic acids is 2. The van der Waals surface area contributed by atoms with Crippen LogP contribution in [0.15, 0.2) is 34.9 Å². The molecule has 0 spiro atoms. The summed E-state index contributed by atoms with van der Waals surface area (Å²) in [5, 5.41) is 6.31. The van der Waals surface area contributed by atoms with Gasteiger partial charge in [-0.2, -0.15) is 0 Å². The molecule has 6 nitrogen and oxygen atoms in total. The van der Waals surface area contributed by atoms with E-state index in [9.17, 15) is 9.59 Å². The van der Waals surface area contributed by atoms with Gasteiger partial charge in [-0.15, -0.1) is 0 Å². The van der Waals surface area contributed by atoms with Crippen molar-refractivity contribution >= 4 is 17.6 Å². The Morgan fingerprint density at radius 1 is 1.27 bits per heavy atom. The molecule has 0 aliphatic carbocycles. The van der Waals surface area contributed by atoms with Crippen LogP contribution in [0, 0.1) is 6.92 Å². The fourth-order valence-corrected chi connectivity index (χ4v) is 1.75. The summed E-state index contributed by atoms with van der Waals surface area (Å²) in [6, 6.07) is 8.05. The summed E-state index contributed by atoms with van der Waals surface area (Å²) in [4.78, 5) is 23.6. The van der Waals surface area contributed by atoms with Gasteiger partial charge < -0.3 is 14.6 Å². The van der Waals surface area contributed by atoms with Crippen molar-refractivity contribution in [1.82, 2.24) is 5.16 Å². The maximum Gasteiger partial charge on any atom is 0.338 e. The van der Waals surface area contributed by atoms with Crippen molar-refractivity contribution in [3.63, 3.8) is 0 Å². The highest BCUT2D eigenvalue weighted by molar-refractivity contribution is 6.03. The molecule has 0 aliphatic heterocycles. The van der Waals surface area contributed by atoms with Crippen LogP contribution in [0.3, 0.4) is 0 Å². The predicted octanol–water partition coefficient (Wildman–Crippen LogP) is 3.19. The Morgan fingerprint density at radius 3 is 2.59 bits per heavy atom. The number of aromatic nitrogens is 1. The van der Waals surface area contributed by atoms with Crippen molar-refractivity contribution in [2.24, 2.45) is 0 Å². The van der Waals surface area contributed by atoms with Gasteiger partial charge in [0.05, 0.1) is 12.2 Å². The second kappa shape index (κ2) is 7.40. The molecule has 1 aromatic heterocycles. The Hall–Kier alpha value is -2.63. The molecule has 2 aromatic rings. The third-order valence-electron chi connectivity index (χ3n) is 2.97. The SMILES string of the molecule is CCCCOC(=O)c1ccc(NC(=O)c2cc(C)on2)cc1. The van der Waals surface area contributed by atoms with E-state index in [-0.39, 0.29) is 17.6 Å². The number of rotatable bonds is 6. The zero-order valence-corrected chi connectivity index (χ0v) is 12.6. The van der Waals surface area contributed by atoms with Crippen LogP contribution in [0.25, 0.3) is 0 Å². The minimum atomic E-state index is -0.366. The summed E-state index contributed by atoms with van der Waals surface area (Å²) in [6.07, 6.45) is 1.82. The molecular formula is C16H18N2O4. The average molecular weight is 302 g/mol. The molecule has 1 aromatic carbocycles. The van der Waals surface area contributed by atoms with Crippen LogP contribution in [-0.2, 0) is 4.74 Å². The number of nitrogens with zero attached hydrogens (tertiary/aromatic N) is 1. The van der Waals surface area contributed by atoms with Gasteiger partial charge in [-0.3, -0.25) is 4.79 Å². The number of amides is 1. The summed E-state index contributed by atoms with van der Waals surface area (Å²) in [5.41, 5.74) is 1.22. The number of esters is 1. The lowest BCUT2D eigenvalue weighted by atomic mass is 10.2. The van der Waals surface area contributed by atoms with E-state index in [1.54, 1.807) is 37.3 Å².